The summed E-state index contributed by atoms with van der Waals surface area (Å²) in [6.45, 7) is 3.87. The van der Waals surface area contributed by atoms with E-state index < -0.39 is 17.3 Å². The molecule has 0 aliphatic heterocycles. The van der Waals surface area contributed by atoms with E-state index in [-0.39, 0.29) is 11.5 Å². The van der Waals surface area contributed by atoms with Crippen molar-refractivity contribution < 1.29 is 18.3 Å². The van der Waals surface area contributed by atoms with Gasteiger partial charge in [0.1, 0.15) is 0 Å². The molecule has 5 heteroatoms. The third kappa shape index (κ3) is 2.61. The molecule has 2 nitrogen and oxygen atoms in total. The van der Waals surface area contributed by atoms with E-state index in [1.54, 1.807) is 0 Å². The fourth-order valence-electron chi connectivity index (χ4n) is 3.02. The summed E-state index contributed by atoms with van der Waals surface area (Å²) in [4.78, 5) is 3.77. The van der Waals surface area contributed by atoms with E-state index in [0.29, 0.717) is 12.3 Å². The normalized spacial score (nSPS) is 32.3. The highest BCUT2D eigenvalue weighted by Crippen LogP contribution is 2.47. The molecule has 0 radical (unpaired) electrons. The Kier molecular flexibility index (Phi) is 3.60. The minimum Gasteiger partial charge on any atom is -0.385 e. The summed E-state index contributed by atoms with van der Waals surface area (Å²) in [7, 11) is 0. The van der Waals surface area contributed by atoms with Gasteiger partial charge in [0.05, 0.1) is 11.2 Å². The first kappa shape index (κ1) is 14.3. The van der Waals surface area contributed by atoms with Crippen molar-refractivity contribution in [3.05, 3.63) is 29.6 Å². The van der Waals surface area contributed by atoms with Crippen LogP contribution in [0.5, 0.6) is 0 Å². The number of rotatable bonds is 1. The number of hydrogen-bond donors (Lipinski definition) is 1. The van der Waals surface area contributed by atoms with Crippen molar-refractivity contribution in [3.8, 4) is 0 Å². The summed E-state index contributed by atoms with van der Waals surface area (Å²) in [6, 6.07) is 0.943. The van der Waals surface area contributed by atoms with E-state index in [9.17, 15) is 18.3 Å². The Labute approximate surface area is 110 Å². The smallest absolute Gasteiger partial charge is 0.385 e. The van der Waals surface area contributed by atoms with Crippen LogP contribution in [-0.2, 0) is 11.8 Å². The Morgan fingerprint density at radius 3 is 2.63 bits per heavy atom. The lowest BCUT2D eigenvalue weighted by molar-refractivity contribution is -0.143. The van der Waals surface area contributed by atoms with Crippen LogP contribution in [0.25, 0.3) is 0 Å². The van der Waals surface area contributed by atoms with Gasteiger partial charge in [-0.2, -0.15) is 13.2 Å². The Morgan fingerprint density at radius 2 is 2.05 bits per heavy atom. The molecule has 106 valence electrons. The predicted octanol–water partition coefficient (Wildman–Crippen LogP) is 3.74. The van der Waals surface area contributed by atoms with Gasteiger partial charge in [-0.15, -0.1) is 0 Å². The zero-order valence-corrected chi connectivity index (χ0v) is 11.0. The SMILES string of the molecule is CC1CCC(O)(c2cnccc2C(F)(F)F)C(C)C1. The van der Waals surface area contributed by atoms with E-state index >= 15 is 0 Å². The van der Waals surface area contributed by atoms with Crippen LogP contribution in [0.1, 0.15) is 44.2 Å². The molecule has 1 N–H and O–H groups in total. The number of halogens is 3. The summed E-state index contributed by atoms with van der Waals surface area (Å²) < 4.78 is 39.1. The van der Waals surface area contributed by atoms with Crippen molar-refractivity contribution in [2.24, 2.45) is 11.8 Å². The molecule has 1 aromatic rings. The van der Waals surface area contributed by atoms with Crippen LogP contribution in [0.2, 0.25) is 0 Å². The summed E-state index contributed by atoms with van der Waals surface area (Å²) >= 11 is 0. The quantitative estimate of drug-likeness (QED) is 0.845. The van der Waals surface area contributed by atoms with Crippen LogP contribution in [0.15, 0.2) is 18.5 Å². The van der Waals surface area contributed by atoms with Crippen molar-refractivity contribution in [3.63, 3.8) is 0 Å². The number of aliphatic hydroxyl groups is 1. The average molecular weight is 273 g/mol. The Bertz CT molecular complexity index is 460. The number of nitrogens with zero attached hydrogens (tertiary/aromatic N) is 1. The summed E-state index contributed by atoms with van der Waals surface area (Å²) in [6.07, 6.45) is -0.377. The van der Waals surface area contributed by atoms with Crippen LogP contribution in [0.3, 0.4) is 0 Å². The largest absolute Gasteiger partial charge is 0.416 e. The third-order valence-electron chi connectivity index (χ3n) is 4.18. The molecule has 1 aromatic heterocycles. The van der Waals surface area contributed by atoms with E-state index in [1.807, 2.05) is 6.92 Å². The molecule has 1 aliphatic rings. The van der Waals surface area contributed by atoms with Crippen LogP contribution >= 0.6 is 0 Å². The molecule has 3 atom stereocenters. The standard InChI is InChI=1S/C14H18F3NO/c1-9-3-5-13(19,10(2)7-9)12-8-18-6-4-11(12)14(15,16)17/h4,6,8-10,19H,3,5,7H2,1-2H3. The minimum atomic E-state index is -4.46. The highest BCUT2D eigenvalue weighted by atomic mass is 19.4. The van der Waals surface area contributed by atoms with Gasteiger partial charge in [-0.25, -0.2) is 0 Å². The van der Waals surface area contributed by atoms with Gasteiger partial charge in [-0.05, 0) is 37.2 Å². The molecule has 1 saturated carbocycles. The summed E-state index contributed by atoms with van der Waals surface area (Å²) in [5, 5.41) is 10.7. The molecule has 0 amide bonds. The average Bonchev–Trinajstić information content (AvgIpc) is 2.33. The van der Waals surface area contributed by atoms with Crippen LogP contribution in [0, 0.1) is 11.8 Å². The van der Waals surface area contributed by atoms with Gasteiger partial charge < -0.3 is 5.11 Å². The topological polar surface area (TPSA) is 33.1 Å². The van der Waals surface area contributed by atoms with Gasteiger partial charge in [-0.3, -0.25) is 4.98 Å². The minimum absolute atomic E-state index is 0.0816. The first-order valence-electron chi connectivity index (χ1n) is 6.49. The molecular weight excluding hydrogens is 255 g/mol. The lowest BCUT2D eigenvalue weighted by Gasteiger charge is -2.41. The maximum absolute atomic E-state index is 13.0. The molecule has 0 spiro atoms. The highest BCUT2D eigenvalue weighted by Gasteiger charge is 2.45. The fraction of sp³-hybridized carbons (Fsp3) is 0.643. The first-order valence-corrected chi connectivity index (χ1v) is 6.49. The van der Waals surface area contributed by atoms with Gasteiger partial charge in [0, 0.05) is 18.0 Å². The molecule has 0 saturated heterocycles. The Morgan fingerprint density at radius 1 is 1.37 bits per heavy atom. The molecule has 0 aromatic carbocycles. The van der Waals surface area contributed by atoms with Crippen molar-refractivity contribution >= 4 is 0 Å². The van der Waals surface area contributed by atoms with Crippen molar-refractivity contribution in [2.45, 2.75) is 44.9 Å². The monoisotopic (exact) mass is 273 g/mol. The number of aromatic nitrogens is 1. The van der Waals surface area contributed by atoms with Gasteiger partial charge in [-0.1, -0.05) is 13.8 Å². The Balaban J connectivity index is 2.46. The second kappa shape index (κ2) is 4.78. The van der Waals surface area contributed by atoms with E-state index in [1.165, 1.54) is 0 Å². The van der Waals surface area contributed by atoms with E-state index in [2.05, 4.69) is 11.9 Å². The number of pyridine rings is 1. The highest BCUT2D eigenvalue weighted by molar-refractivity contribution is 5.32. The number of alkyl halides is 3. The molecule has 1 aliphatic carbocycles. The molecule has 1 fully saturated rings. The molecule has 3 unspecified atom stereocenters. The third-order valence-corrected chi connectivity index (χ3v) is 4.18. The van der Waals surface area contributed by atoms with Crippen molar-refractivity contribution in [1.82, 2.24) is 4.98 Å². The molecule has 19 heavy (non-hydrogen) atoms. The van der Waals surface area contributed by atoms with Crippen molar-refractivity contribution in [2.75, 3.05) is 0 Å². The molecule has 2 rings (SSSR count). The lowest BCUT2D eigenvalue weighted by atomic mass is 9.68. The van der Waals surface area contributed by atoms with Crippen LogP contribution in [-0.4, -0.2) is 10.1 Å². The van der Waals surface area contributed by atoms with Gasteiger partial charge in [0.25, 0.3) is 0 Å². The molecule has 1 heterocycles. The lowest BCUT2D eigenvalue weighted by Crippen LogP contribution is -2.40. The summed E-state index contributed by atoms with van der Waals surface area (Å²) in [5.41, 5.74) is -2.28. The zero-order valence-electron chi connectivity index (χ0n) is 11.0. The number of hydrogen-bond acceptors (Lipinski definition) is 2. The predicted molar refractivity (Wildman–Crippen MR) is 65.3 cm³/mol. The van der Waals surface area contributed by atoms with Crippen LogP contribution in [0.4, 0.5) is 13.2 Å². The fourth-order valence-corrected chi connectivity index (χ4v) is 3.02. The Hall–Kier alpha value is -1.10. The second-order valence-corrected chi connectivity index (χ2v) is 5.62. The second-order valence-electron chi connectivity index (χ2n) is 5.62. The van der Waals surface area contributed by atoms with Crippen LogP contribution < -0.4 is 0 Å². The van der Waals surface area contributed by atoms with Gasteiger partial charge in [0.15, 0.2) is 0 Å². The van der Waals surface area contributed by atoms with E-state index in [4.69, 9.17) is 0 Å². The summed E-state index contributed by atoms with van der Waals surface area (Å²) in [5.74, 6) is 0.225. The zero-order chi connectivity index (χ0) is 14.3. The molecular formula is C14H18F3NO. The maximum atomic E-state index is 13.0. The molecule has 0 bridgehead atoms. The van der Waals surface area contributed by atoms with Crippen molar-refractivity contribution in [1.29, 1.82) is 0 Å². The first-order chi connectivity index (χ1) is 8.75. The van der Waals surface area contributed by atoms with E-state index in [0.717, 1.165) is 31.3 Å². The maximum Gasteiger partial charge on any atom is 0.416 e. The van der Waals surface area contributed by atoms with Gasteiger partial charge in [0.2, 0.25) is 0 Å². The van der Waals surface area contributed by atoms with Gasteiger partial charge >= 0.3 is 6.18 Å².